The Balaban J connectivity index is 1.66. The summed E-state index contributed by atoms with van der Waals surface area (Å²) in [6.45, 7) is 2.79. The molecular formula is C24H31N3O5. The number of methoxy groups -OCH3 is 1. The summed E-state index contributed by atoms with van der Waals surface area (Å²) >= 11 is 0. The topological polar surface area (TPSA) is 71.5 Å². The molecular weight excluding hydrogens is 410 g/mol. The quantitative estimate of drug-likeness (QED) is 0.554. The van der Waals surface area contributed by atoms with E-state index in [0.717, 1.165) is 23.2 Å². The first-order valence-electron chi connectivity index (χ1n) is 10.7. The fraction of sp³-hybridized carbons (Fsp3) is 0.417. The van der Waals surface area contributed by atoms with Crippen LogP contribution in [0.4, 0.5) is 4.79 Å². The van der Waals surface area contributed by atoms with Crippen molar-refractivity contribution in [3.8, 4) is 5.75 Å². The highest BCUT2D eigenvalue weighted by molar-refractivity contribution is 5.77. The zero-order valence-corrected chi connectivity index (χ0v) is 19.0. The number of amides is 1. The van der Waals surface area contributed by atoms with Gasteiger partial charge in [-0.3, -0.25) is 4.79 Å². The molecule has 2 aromatic carbocycles. The zero-order valence-electron chi connectivity index (χ0n) is 19.0. The van der Waals surface area contributed by atoms with Gasteiger partial charge in [-0.1, -0.05) is 42.5 Å². The molecule has 0 unspecified atom stereocenters. The number of ether oxygens (including phenoxy) is 2. The highest BCUT2D eigenvalue weighted by Gasteiger charge is 2.24. The van der Waals surface area contributed by atoms with Crippen LogP contribution in [0.2, 0.25) is 0 Å². The summed E-state index contributed by atoms with van der Waals surface area (Å²) in [5.41, 5.74) is 3.11. The molecule has 0 spiro atoms. The molecule has 0 aromatic heterocycles. The van der Waals surface area contributed by atoms with Crippen LogP contribution in [-0.2, 0) is 33.9 Å². The molecule has 172 valence electrons. The summed E-state index contributed by atoms with van der Waals surface area (Å²) in [5.74, 6) is 0.549. The van der Waals surface area contributed by atoms with Crippen molar-refractivity contribution in [2.45, 2.75) is 19.5 Å². The number of likely N-dealkylation sites (N-methyl/N-ethyl adjacent to an activating group) is 1. The third kappa shape index (κ3) is 6.70. The second-order valence-corrected chi connectivity index (χ2v) is 7.95. The van der Waals surface area contributed by atoms with Gasteiger partial charge in [-0.25, -0.2) is 4.79 Å². The Labute approximate surface area is 189 Å². The van der Waals surface area contributed by atoms with Crippen molar-refractivity contribution in [2.75, 3.05) is 47.4 Å². The van der Waals surface area contributed by atoms with Crippen molar-refractivity contribution < 1.29 is 23.9 Å². The van der Waals surface area contributed by atoms with Crippen LogP contribution in [0.25, 0.3) is 0 Å². The van der Waals surface area contributed by atoms with E-state index in [2.05, 4.69) is 9.64 Å². The fourth-order valence-corrected chi connectivity index (χ4v) is 3.53. The summed E-state index contributed by atoms with van der Waals surface area (Å²) in [6.07, 6.45) is -0.0417. The van der Waals surface area contributed by atoms with E-state index in [1.165, 1.54) is 7.11 Å². The molecule has 0 saturated carbocycles. The molecule has 0 saturated heterocycles. The lowest BCUT2D eigenvalue weighted by atomic mass is 10.00. The van der Waals surface area contributed by atoms with Gasteiger partial charge in [0.05, 0.1) is 13.7 Å². The molecule has 0 radical (unpaired) electrons. The van der Waals surface area contributed by atoms with Crippen LogP contribution in [0.15, 0.2) is 48.5 Å². The molecule has 0 aliphatic carbocycles. The first kappa shape index (κ1) is 23.6. The van der Waals surface area contributed by atoms with Gasteiger partial charge < -0.3 is 24.1 Å². The van der Waals surface area contributed by atoms with Gasteiger partial charge >= 0.3 is 6.16 Å². The van der Waals surface area contributed by atoms with E-state index in [1.807, 2.05) is 67.5 Å². The standard InChI is InChI=1S/C24H31N3O5/c1-25(2)14-15-26(16-19-8-5-4-6-9-19)23(28)18-31-22-11-7-10-20-12-13-27(17-21(20)22)32-24(29)30-3/h4-11H,12-18H2,1-3H3. The lowest BCUT2D eigenvalue weighted by Gasteiger charge is -2.28. The Hall–Kier alpha value is -3.10. The monoisotopic (exact) mass is 441 g/mol. The average Bonchev–Trinajstić information content (AvgIpc) is 2.80. The number of fused-ring (bicyclic) bond motifs is 1. The van der Waals surface area contributed by atoms with E-state index < -0.39 is 6.16 Å². The number of carbonyl (C=O) groups excluding carboxylic acids is 2. The van der Waals surface area contributed by atoms with Crippen molar-refractivity contribution in [1.82, 2.24) is 14.9 Å². The summed E-state index contributed by atoms with van der Waals surface area (Å²) in [6, 6.07) is 15.7. The van der Waals surface area contributed by atoms with Crippen molar-refractivity contribution in [1.29, 1.82) is 0 Å². The minimum atomic E-state index is -0.750. The van der Waals surface area contributed by atoms with Gasteiger partial charge in [0, 0.05) is 31.7 Å². The summed E-state index contributed by atoms with van der Waals surface area (Å²) < 4.78 is 10.5. The van der Waals surface area contributed by atoms with Crippen molar-refractivity contribution >= 4 is 12.1 Å². The van der Waals surface area contributed by atoms with E-state index in [1.54, 1.807) is 5.06 Å². The molecule has 8 heteroatoms. The predicted octanol–water partition coefficient (Wildman–Crippen LogP) is 2.71. The van der Waals surface area contributed by atoms with Gasteiger partial charge in [-0.2, -0.15) is 0 Å². The molecule has 2 aromatic rings. The number of hydrogen-bond acceptors (Lipinski definition) is 7. The van der Waals surface area contributed by atoms with Crippen LogP contribution in [0, 0.1) is 0 Å². The number of rotatable bonds is 9. The van der Waals surface area contributed by atoms with E-state index in [4.69, 9.17) is 9.57 Å². The van der Waals surface area contributed by atoms with Crippen LogP contribution in [0.5, 0.6) is 5.75 Å². The van der Waals surface area contributed by atoms with Crippen LogP contribution in [0.1, 0.15) is 16.7 Å². The van der Waals surface area contributed by atoms with Gasteiger partial charge in [-0.05, 0) is 37.7 Å². The Kier molecular flexibility index (Phi) is 8.47. The normalized spacial score (nSPS) is 13.4. The molecule has 0 bridgehead atoms. The van der Waals surface area contributed by atoms with Gasteiger partial charge in [0.1, 0.15) is 5.75 Å². The lowest BCUT2D eigenvalue weighted by Crippen LogP contribution is -2.39. The van der Waals surface area contributed by atoms with Gasteiger partial charge in [0.15, 0.2) is 6.61 Å². The minimum absolute atomic E-state index is 0.0609. The minimum Gasteiger partial charge on any atom is -0.483 e. The summed E-state index contributed by atoms with van der Waals surface area (Å²) in [4.78, 5) is 33.5. The number of hydrogen-bond donors (Lipinski definition) is 0. The van der Waals surface area contributed by atoms with Crippen LogP contribution in [-0.4, -0.2) is 74.4 Å². The third-order valence-electron chi connectivity index (χ3n) is 5.30. The summed E-state index contributed by atoms with van der Waals surface area (Å²) in [5, 5.41) is 1.54. The molecule has 32 heavy (non-hydrogen) atoms. The SMILES string of the molecule is COC(=O)ON1CCc2cccc(OCC(=O)N(CCN(C)C)Cc3ccccc3)c2C1. The molecule has 1 amide bonds. The fourth-order valence-electron chi connectivity index (χ4n) is 3.53. The second kappa shape index (κ2) is 11.5. The number of carbonyl (C=O) groups is 2. The van der Waals surface area contributed by atoms with Crippen LogP contribution < -0.4 is 4.74 Å². The maximum atomic E-state index is 13.0. The lowest BCUT2D eigenvalue weighted by molar-refractivity contribution is -0.135. The van der Waals surface area contributed by atoms with Gasteiger partial charge in [0.25, 0.3) is 5.91 Å². The predicted molar refractivity (Wildman–Crippen MR) is 120 cm³/mol. The number of benzene rings is 2. The number of nitrogens with zero attached hydrogens (tertiary/aromatic N) is 3. The number of hydroxylamine groups is 2. The Morgan fingerprint density at radius 2 is 1.81 bits per heavy atom. The largest absolute Gasteiger partial charge is 0.527 e. The van der Waals surface area contributed by atoms with Crippen molar-refractivity contribution in [3.05, 3.63) is 65.2 Å². The zero-order chi connectivity index (χ0) is 22.9. The molecule has 1 aliphatic heterocycles. The van der Waals surface area contributed by atoms with E-state index in [-0.39, 0.29) is 12.5 Å². The van der Waals surface area contributed by atoms with E-state index in [9.17, 15) is 9.59 Å². The van der Waals surface area contributed by atoms with Crippen LogP contribution >= 0.6 is 0 Å². The molecule has 3 rings (SSSR count). The molecule has 1 aliphatic rings. The van der Waals surface area contributed by atoms with Gasteiger partial charge in [-0.15, -0.1) is 5.06 Å². The van der Waals surface area contributed by atoms with Crippen molar-refractivity contribution in [2.24, 2.45) is 0 Å². The molecule has 8 nitrogen and oxygen atoms in total. The molecule has 0 atom stereocenters. The smallest absolute Gasteiger partial charge is 0.483 e. The summed E-state index contributed by atoms with van der Waals surface area (Å²) in [7, 11) is 5.25. The third-order valence-corrected chi connectivity index (χ3v) is 5.30. The first-order valence-corrected chi connectivity index (χ1v) is 10.7. The maximum Gasteiger partial charge on any atom is 0.527 e. The second-order valence-electron chi connectivity index (χ2n) is 7.95. The molecule has 1 heterocycles. The van der Waals surface area contributed by atoms with Gasteiger partial charge in [0.2, 0.25) is 0 Å². The highest BCUT2D eigenvalue weighted by atomic mass is 16.8. The van der Waals surface area contributed by atoms with Crippen molar-refractivity contribution in [3.63, 3.8) is 0 Å². The van der Waals surface area contributed by atoms with E-state index in [0.29, 0.717) is 38.3 Å². The molecule has 0 fully saturated rings. The Morgan fingerprint density at radius 3 is 2.53 bits per heavy atom. The van der Waals surface area contributed by atoms with Crippen LogP contribution in [0.3, 0.4) is 0 Å². The highest BCUT2D eigenvalue weighted by Crippen LogP contribution is 2.28. The molecule has 0 N–H and O–H groups in total. The van der Waals surface area contributed by atoms with E-state index >= 15 is 0 Å². The maximum absolute atomic E-state index is 13.0. The first-order chi connectivity index (χ1) is 15.5. The Morgan fingerprint density at radius 1 is 1.03 bits per heavy atom. The average molecular weight is 442 g/mol. The Bertz CT molecular complexity index is 904.